The van der Waals surface area contributed by atoms with Gasteiger partial charge >= 0.3 is 0 Å². The third-order valence-electron chi connectivity index (χ3n) is 3.71. The first kappa shape index (κ1) is 14.9. The number of hydrogen-bond acceptors (Lipinski definition) is 3. The number of amidine groups is 1. The highest BCUT2D eigenvalue weighted by molar-refractivity contribution is 8.13. The average Bonchev–Trinajstić information content (AvgIpc) is 2.74. The summed E-state index contributed by atoms with van der Waals surface area (Å²) in [6.45, 7) is 8.92. The zero-order valence-corrected chi connectivity index (χ0v) is 14.0. The van der Waals surface area contributed by atoms with E-state index in [1.54, 1.807) is 0 Å². The van der Waals surface area contributed by atoms with Gasteiger partial charge in [0.05, 0.1) is 6.04 Å². The Hall–Kier alpha value is -0.480. The van der Waals surface area contributed by atoms with E-state index in [1.165, 1.54) is 21.9 Å². The molecule has 0 aliphatic carbocycles. The Labute approximate surface area is 125 Å². The summed E-state index contributed by atoms with van der Waals surface area (Å²) in [5.41, 5.74) is 0.239. The van der Waals surface area contributed by atoms with Crippen LogP contribution in [0.2, 0.25) is 0 Å². The molecule has 4 heteroatoms. The standard InChI is InChI=1S/C15H24N2S2/c1-5-15(4)8-9-18-14(17-15)16-11(2)10-13-7-6-12(3)19-13/h6-7,11H,5,8-10H2,1-4H3,(H,16,17). The van der Waals surface area contributed by atoms with Gasteiger partial charge in [0, 0.05) is 27.5 Å². The van der Waals surface area contributed by atoms with E-state index in [0.717, 1.165) is 18.0 Å². The summed E-state index contributed by atoms with van der Waals surface area (Å²) in [4.78, 5) is 7.69. The molecule has 0 aromatic carbocycles. The normalized spacial score (nSPS) is 27.3. The van der Waals surface area contributed by atoms with E-state index < -0.39 is 0 Å². The molecule has 1 aromatic heterocycles. The van der Waals surface area contributed by atoms with Crippen LogP contribution in [-0.4, -0.2) is 22.5 Å². The topological polar surface area (TPSA) is 24.4 Å². The number of thioether (sulfide) groups is 1. The summed E-state index contributed by atoms with van der Waals surface area (Å²) < 4.78 is 0. The molecule has 1 aliphatic rings. The molecule has 0 spiro atoms. The summed E-state index contributed by atoms with van der Waals surface area (Å²) in [7, 11) is 0. The minimum atomic E-state index is 0.239. The fraction of sp³-hybridized carbons (Fsp3) is 0.667. The Bertz CT molecular complexity index is 453. The van der Waals surface area contributed by atoms with Gasteiger partial charge in [0.2, 0.25) is 0 Å². The van der Waals surface area contributed by atoms with Crippen LogP contribution in [0.5, 0.6) is 0 Å². The fourth-order valence-corrected chi connectivity index (χ4v) is 4.53. The van der Waals surface area contributed by atoms with Crippen molar-refractivity contribution in [3.63, 3.8) is 0 Å². The molecule has 2 nitrogen and oxygen atoms in total. The number of nitrogens with one attached hydrogen (secondary N) is 1. The van der Waals surface area contributed by atoms with Gasteiger partial charge in [-0.2, -0.15) is 0 Å². The average molecular weight is 297 g/mol. The van der Waals surface area contributed by atoms with Gasteiger partial charge in [0.25, 0.3) is 0 Å². The molecule has 1 N–H and O–H groups in total. The lowest BCUT2D eigenvalue weighted by Crippen LogP contribution is -2.48. The van der Waals surface area contributed by atoms with Gasteiger partial charge < -0.3 is 5.32 Å². The molecule has 2 atom stereocenters. The Morgan fingerprint density at radius 3 is 2.89 bits per heavy atom. The van der Waals surface area contributed by atoms with Crippen LogP contribution < -0.4 is 5.32 Å². The monoisotopic (exact) mass is 296 g/mol. The molecule has 0 amide bonds. The Morgan fingerprint density at radius 2 is 2.26 bits per heavy atom. The third kappa shape index (κ3) is 4.25. The van der Waals surface area contributed by atoms with Gasteiger partial charge in [-0.1, -0.05) is 18.7 Å². The van der Waals surface area contributed by atoms with Gasteiger partial charge in [-0.05, 0) is 45.7 Å². The second kappa shape index (κ2) is 6.31. The van der Waals surface area contributed by atoms with Crippen molar-refractivity contribution in [1.82, 2.24) is 5.32 Å². The molecule has 1 saturated heterocycles. The molecule has 2 heterocycles. The molecule has 106 valence electrons. The van der Waals surface area contributed by atoms with Gasteiger partial charge in [-0.3, -0.25) is 4.99 Å². The fourth-order valence-electron chi connectivity index (χ4n) is 2.20. The zero-order chi connectivity index (χ0) is 13.9. The van der Waals surface area contributed by atoms with Crippen molar-refractivity contribution in [3.8, 4) is 0 Å². The second-order valence-electron chi connectivity index (χ2n) is 5.64. The van der Waals surface area contributed by atoms with Gasteiger partial charge in [0.15, 0.2) is 5.17 Å². The minimum Gasteiger partial charge on any atom is -0.360 e. The van der Waals surface area contributed by atoms with Crippen molar-refractivity contribution in [2.75, 3.05) is 5.75 Å². The third-order valence-corrected chi connectivity index (χ3v) is 5.62. The van der Waals surface area contributed by atoms with E-state index in [2.05, 4.69) is 45.1 Å². The van der Waals surface area contributed by atoms with E-state index in [1.807, 2.05) is 23.1 Å². The molecule has 1 aliphatic heterocycles. The van der Waals surface area contributed by atoms with Crippen LogP contribution in [0.15, 0.2) is 17.1 Å². The maximum atomic E-state index is 4.86. The maximum Gasteiger partial charge on any atom is 0.157 e. The lowest BCUT2D eigenvalue weighted by Gasteiger charge is -2.35. The second-order valence-corrected chi connectivity index (χ2v) is 8.09. The van der Waals surface area contributed by atoms with E-state index in [0.29, 0.717) is 6.04 Å². The molecule has 1 aromatic rings. The molecule has 2 rings (SSSR count). The smallest absolute Gasteiger partial charge is 0.157 e. The summed E-state index contributed by atoms with van der Waals surface area (Å²) in [5.74, 6) is 1.18. The molecule has 0 radical (unpaired) electrons. The highest BCUT2D eigenvalue weighted by Gasteiger charge is 2.27. The van der Waals surface area contributed by atoms with Gasteiger partial charge in [-0.25, -0.2) is 0 Å². The van der Waals surface area contributed by atoms with Gasteiger partial charge in [-0.15, -0.1) is 11.3 Å². The molecule has 1 fully saturated rings. The quantitative estimate of drug-likeness (QED) is 0.898. The summed E-state index contributed by atoms with van der Waals surface area (Å²) in [6, 6.07) is 4.78. The molecule has 2 unspecified atom stereocenters. The predicted molar refractivity (Wildman–Crippen MR) is 88.6 cm³/mol. The number of aryl methyl sites for hydroxylation is 1. The zero-order valence-electron chi connectivity index (χ0n) is 12.3. The first-order chi connectivity index (χ1) is 9.00. The first-order valence-electron chi connectivity index (χ1n) is 7.05. The summed E-state index contributed by atoms with van der Waals surface area (Å²) in [5, 5.41) is 4.75. The Balaban J connectivity index is 1.96. The molecule has 0 bridgehead atoms. The molecular weight excluding hydrogens is 272 g/mol. The van der Waals surface area contributed by atoms with E-state index in [9.17, 15) is 0 Å². The Kier molecular flexibility index (Phi) is 4.96. The first-order valence-corrected chi connectivity index (χ1v) is 8.85. The van der Waals surface area contributed by atoms with Crippen LogP contribution in [0, 0.1) is 6.92 Å². The maximum absolute atomic E-state index is 4.86. The number of thiophene rings is 1. The van der Waals surface area contributed by atoms with Crippen molar-refractivity contribution >= 4 is 28.3 Å². The lowest BCUT2D eigenvalue weighted by atomic mass is 9.96. The van der Waals surface area contributed by atoms with Crippen molar-refractivity contribution in [2.45, 2.75) is 58.5 Å². The van der Waals surface area contributed by atoms with Crippen LogP contribution in [0.4, 0.5) is 0 Å². The largest absolute Gasteiger partial charge is 0.360 e. The Morgan fingerprint density at radius 1 is 1.47 bits per heavy atom. The summed E-state index contributed by atoms with van der Waals surface area (Å²) >= 11 is 3.75. The van der Waals surface area contributed by atoms with Crippen molar-refractivity contribution < 1.29 is 0 Å². The highest BCUT2D eigenvalue weighted by Crippen LogP contribution is 2.25. The lowest BCUT2D eigenvalue weighted by molar-refractivity contribution is 0.389. The van der Waals surface area contributed by atoms with E-state index >= 15 is 0 Å². The van der Waals surface area contributed by atoms with Crippen LogP contribution in [0.25, 0.3) is 0 Å². The van der Waals surface area contributed by atoms with Gasteiger partial charge in [0.1, 0.15) is 0 Å². The number of aliphatic imine (C=N–C) groups is 1. The highest BCUT2D eigenvalue weighted by atomic mass is 32.2. The van der Waals surface area contributed by atoms with Crippen molar-refractivity contribution in [3.05, 3.63) is 21.9 Å². The number of hydrogen-bond donors (Lipinski definition) is 1. The van der Waals surface area contributed by atoms with Crippen LogP contribution in [0.3, 0.4) is 0 Å². The van der Waals surface area contributed by atoms with Crippen LogP contribution >= 0.6 is 23.1 Å². The summed E-state index contributed by atoms with van der Waals surface area (Å²) in [6.07, 6.45) is 3.43. The molecular formula is C15H24N2S2. The van der Waals surface area contributed by atoms with E-state index in [4.69, 9.17) is 4.99 Å². The van der Waals surface area contributed by atoms with E-state index in [-0.39, 0.29) is 5.54 Å². The van der Waals surface area contributed by atoms with Crippen molar-refractivity contribution in [1.29, 1.82) is 0 Å². The number of rotatable bonds is 4. The molecule has 19 heavy (non-hydrogen) atoms. The van der Waals surface area contributed by atoms with Crippen LogP contribution in [-0.2, 0) is 6.42 Å². The predicted octanol–water partition coefficient (Wildman–Crippen LogP) is 4.24. The SMILES string of the molecule is CCC1(C)CCSC(=NC(C)Cc2ccc(C)s2)N1. The van der Waals surface area contributed by atoms with Crippen LogP contribution in [0.1, 0.15) is 43.4 Å². The minimum absolute atomic E-state index is 0.239. The van der Waals surface area contributed by atoms with Crippen molar-refractivity contribution in [2.24, 2.45) is 4.99 Å². The number of nitrogens with zero attached hydrogens (tertiary/aromatic N) is 1. The molecule has 0 saturated carbocycles.